The molecule has 1 aromatic carbocycles. The van der Waals surface area contributed by atoms with Crippen LogP contribution < -0.4 is 20.3 Å². The van der Waals surface area contributed by atoms with Gasteiger partial charge in [-0.3, -0.25) is 15.2 Å². The Labute approximate surface area is 328 Å². The Hall–Kier alpha value is -5.36. The summed E-state index contributed by atoms with van der Waals surface area (Å²) in [4.78, 5) is 62.9. The number of carbonyl (C=O) groups excluding carboxylic acids is 3. The minimum atomic E-state index is -3.94. The molecule has 0 aliphatic carbocycles. The van der Waals surface area contributed by atoms with Gasteiger partial charge in [-0.1, -0.05) is 6.92 Å². The second-order valence-corrected chi connectivity index (χ2v) is 17.3. The van der Waals surface area contributed by atoms with Crippen molar-refractivity contribution in [2.75, 3.05) is 15.1 Å². The van der Waals surface area contributed by atoms with E-state index in [9.17, 15) is 22.8 Å². The van der Waals surface area contributed by atoms with Gasteiger partial charge >= 0.3 is 18.3 Å². The van der Waals surface area contributed by atoms with Crippen molar-refractivity contribution in [1.82, 2.24) is 24.5 Å². The summed E-state index contributed by atoms with van der Waals surface area (Å²) in [6.45, 7) is 21.5. The highest BCUT2D eigenvalue weighted by Crippen LogP contribution is 2.33. The Bertz CT molecular complexity index is 2180. The average Bonchev–Trinajstić information content (AvgIpc) is 3.49. The van der Waals surface area contributed by atoms with E-state index < -0.39 is 51.7 Å². The monoisotopic (exact) mass is 795 g/mol. The van der Waals surface area contributed by atoms with E-state index in [1.165, 1.54) is 34.1 Å². The zero-order valence-corrected chi connectivity index (χ0v) is 34.9. The highest BCUT2D eigenvalue weighted by molar-refractivity contribution is 7.89. The molecule has 17 nitrogen and oxygen atoms in total. The van der Waals surface area contributed by atoms with Crippen LogP contribution in [0.2, 0.25) is 0 Å². The van der Waals surface area contributed by atoms with Crippen molar-refractivity contribution in [2.24, 2.45) is 5.14 Å². The average molecular weight is 796 g/mol. The highest BCUT2D eigenvalue weighted by atomic mass is 32.2. The van der Waals surface area contributed by atoms with Gasteiger partial charge in [-0.05, 0) is 124 Å². The maximum atomic E-state index is 14.3. The number of amides is 3. The van der Waals surface area contributed by atoms with Crippen molar-refractivity contribution in [3.05, 3.63) is 59.7 Å². The number of ether oxygens (including phenoxy) is 3. The predicted octanol–water partition coefficient (Wildman–Crippen LogP) is 7.17. The van der Waals surface area contributed by atoms with Crippen LogP contribution in [0.4, 0.5) is 31.8 Å². The Morgan fingerprint density at radius 1 is 0.929 bits per heavy atom. The molecule has 0 unspecified atom stereocenters. The fraction of sp³-hybridized carbons (Fsp3) is 0.500. The van der Waals surface area contributed by atoms with Crippen LogP contribution in [0.3, 0.4) is 0 Å². The Balaban J connectivity index is 1.88. The number of primary sulfonamides is 1. The van der Waals surface area contributed by atoms with Crippen LogP contribution in [0.25, 0.3) is 11.2 Å². The summed E-state index contributed by atoms with van der Waals surface area (Å²) >= 11 is 0. The van der Waals surface area contributed by atoms with Gasteiger partial charge in [0.1, 0.15) is 17.3 Å². The minimum absolute atomic E-state index is 0.00433. The molecule has 18 heteroatoms. The lowest BCUT2D eigenvalue weighted by molar-refractivity contribution is 0.0492. The third kappa shape index (κ3) is 10.9. The minimum Gasteiger partial charge on any atom is -0.444 e. The van der Waals surface area contributed by atoms with Gasteiger partial charge in [0, 0.05) is 23.6 Å². The molecular formula is C38H53N9O8S. The highest BCUT2D eigenvalue weighted by Gasteiger charge is 2.38. The molecular weight excluding hydrogens is 743 g/mol. The van der Waals surface area contributed by atoms with Crippen LogP contribution in [-0.2, 0) is 30.8 Å². The number of carbonyl (C=O) groups is 3. The molecule has 3 N–H and O–H groups in total. The summed E-state index contributed by atoms with van der Waals surface area (Å²) < 4.78 is 42.7. The number of aromatic nitrogens is 5. The Kier molecular flexibility index (Phi) is 13.0. The van der Waals surface area contributed by atoms with E-state index in [4.69, 9.17) is 29.3 Å². The summed E-state index contributed by atoms with van der Waals surface area (Å²) in [5.41, 5.74) is 1.43. The molecule has 56 heavy (non-hydrogen) atoms. The molecule has 0 saturated carbocycles. The number of imidazole rings is 1. The third-order valence-corrected chi connectivity index (χ3v) is 9.25. The topological polar surface area (TPSA) is 214 Å². The number of nitrogens with two attached hydrogens (primary N) is 1. The molecule has 0 bridgehead atoms. The number of anilines is 3. The number of rotatable bonds is 11. The van der Waals surface area contributed by atoms with Gasteiger partial charge in [0.15, 0.2) is 17.0 Å². The molecule has 0 aliphatic rings. The van der Waals surface area contributed by atoms with Crippen LogP contribution in [0.1, 0.15) is 98.5 Å². The molecule has 3 heterocycles. The van der Waals surface area contributed by atoms with E-state index >= 15 is 0 Å². The van der Waals surface area contributed by atoms with Gasteiger partial charge in [0.05, 0.1) is 23.8 Å². The zero-order chi connectivity index (χ0) is 41.9. The second kappa shape index (κ2) is 16.8. The summed E-state index contributed by atoms with van der Waals surface area (Å²) in [5, 5.41) is 7.76. The Morgan fingerprint density at radius 2 is 1.54 bits per heavy atom. The molecule has 0 radical (unpaired) electrons. The predicted molar refractivity (Wildman–Crippen MR) is 212 cm³/mol. The maximum absolute atomic E-state index is 14.3. The number of nitrogens with one attached hydrogen (secondary N) is 1. The third-order valence-electron chi connectivity index (χ3n) is 8.32. The number of nitrogens with zero attached hydrogens (tertiary/aromatic N) is 7. The van der Waals surface area contributed by atoms with Gasteiger partial charge in [-0.25, -0.2) is 37.8 Å². The molecule has 3 aromatic heterocycles. The van der Waals surface area contributed by atoms with E-state index in [0.717, 1.165) is 16.8 Å². The van der Waals surface area contributed by atoms with Crippen LogP contribution in [0, 0.1) is 13.8 Å². The van der Waals surface area contributed by atoms with Gasteiger partial charge in [-0.15, -0.1) is 0 Å². The smallest absolute Gasteiger partial charge is 0.417 e. The van der Waals surface area contributed by atoms with Crippen LogP contribution in [0.5, 0.6) is 0 Å². The number of sulfonamides is 1. The lowest BCUT2D eigenvalue weighted by atomic mass is 10.1. The molecule has 0 spiro atoms. The number of fused-ring (bicyclic) bond motifs is 1. The van der Waals surface area contributed by atoms with Crippen LogP contribution in [-0.4, -0.2) is 74.5 Å². The van der Waals surface area contributed by atoms with Gasteiger partial charge in [-0.2, -0.15) is 9.97 Å². The lowest BCUT2D eigenvalue weighted by Gasteiger charge is -2.35. The van der Waals surface area contributed by atoms with E-state index in [2.05, 4.69) is 15.3 Å². The van der Waals surface area contributed by atoms with Crippen molar-refractivity contribution >= 4 is 56.9 Å². The molecule has 0 saturated heterocycles. The first-order valence-corrected chi connectivity index (χ1v) is 19.7. The molecule has 4 aromatic rings. The largest absolute Gasteiger partial charge is 0.444 e. The van der Waals surface area contributed by atoms with Crippen molar-refractivity contribution in [1.29, 1.82) is 0 Å². The molecule has 3 amide bonds. The number of aryl methyl sites for hydroxylation is 2. The SMILES string of the molecule is CC[C@@H]([C@@H](C)OC(=O)Nc1ccc(S(N)(=O)=O)cc1)N(C(=O)OC(C)(C)C)c1nc(N(Cc2cnc(C)cc2C)C(=O)OC(C)(C)C)c2ncn(C(C)C)c2n1. The normalized spacial score (nSPS) is 13.2. The van der Waals surface area contributed by atoms with Crippen molar-refractivity contribution in [2.45, 2.75) is 130 Å². The number of hydrogen-bond acceptors (Lipinski definition) is 12. The van der Waals surface area contributed by atoms with Crippen LogP contribution in [0.15, 0.2) is 47.8 Å². The maximum Gasteiger partial charge on any atom is 0.417 e. The van der Waals surface area contributed by atoms with Gasteiger partial charge < -0.3 is 18.8 Å². The van der Waals surface area contributed by atoms with E-state index in [1.54, 1.807) is 72.5 Å². The van der Waals surface area contributed by atoms with Crippen LogP contribution >= 0.6 is 0 Å². The lowest BCUT2D eigenvalue weighted by Crippen LogP contribution is -2.50. The summed E-state index contributed by atoms with van der Waals surface area (Å²) in [6, 6.07) is 6.08. The Morgan fingerprint density at radius 3 is 2.07 bits per heavy atom. The molecule has 304 valence electrons. The second-order valence-electron chi connectivity index (χ2n) is 15.7. The van der Waals surface area contributed by atoms with Gasteiger partial charge in [0.25, 0.3) is 0 Å². The zero-order valence-electron chi connectivity index (χ0n) is 34.1. The van der Waals surface area contributed by atoms with E-state index in [-0.39, 0.29) is 46.9 Å². The number of pyridine rings is 1. The molecule has 0 aliphatic heterocycles. The van der Waals surface area contributed by atoms with Gasteiger partial charge in [0.2, 0.25) is 16.0 Å². The fourth-order valence-electron chi connectivity index (χ4n) is 5.69. The molecule has 2 atom stereocenters. The van der Waals surface area contributed by atoms with Crippen molar-refractivity contribution in [3.8, 4) is 0 Å². The summed E-state index contributed by atoms with van der Waals surface area (Å²) in [7, 11) is -3.94. The number of hydrogen-bond donors (Lipinski definition) is 2. The first kappa shape index (κ1) is 43.4. The fourth-order valence-corrected chi connectivity index (χ4v) is 6.21. The molecule has 0 fully saturated rings. The molecule has 4 rings (SSSR count). The summed E-state index contributed by atoms with van der Waals surface area (Å²) in [5.74, 6) is -0.0750. The standard InChI is InChI=1S/C38H53N9O8S/c1-13-29(25(6)53-34(48)42-27-14-16-28(17-15-27)56(39,51)52)47(36(50)55-38(10,11)12)33-43-31(30-32(44-33)46(21-41-30)22(2)3)45(35(49)54-37(7,8)9)20-26-19-40-24(5)18-23(26)4/h14-19,21-22,25,29H,13,20H2,1-12H3,(H,42,48)(H2,39,51,52)/t25-,29+/m1/s1. The quantitative estimate of drug-likeness (QED) is 0.145. The van der Waals surface area contributed by atoms with E-state index in [1.807, 2.05) is 33.8 Å². The summed E-state index contributed by atoms with van der Waals surface area (Å²) in [6.07, 6.45) is 0.0945. The van der Waals surface area contributed by atoms with Crippen molar-refractivity contribution in [3.63, 3.8) is 0 Å². The first-order chi connectivity index (χ1) is 25.9. The first-order valence-electron chi connectivity index (χ1n) is 18.2. The number of benzene rings is 1. The van der Waals surface area contributed by atoms with Crippen molar-refractivity contribution < 1.29 is 37.0 Å². The van der Waals surface area contributed by atoms with E-state index in [0.29, 0.717) is 5.65 Å².